The molecule has 2 aromatic carbocycles. The van der Waals surface area contributed by atoms with Gasteiger partial charge in [-0.2, -0.15) is 0 Å². The first-order valence-corrected chi connectivity index (χ1v) is 10.4. The molecule has 0 bridgehead atoms. The Morgan fingerprint density at radius 1 is 1.00 bits per heavy atom. The molecule has 142 valence electrons. The number of piperazine rings is 1. The standard InChI is InChI=1S/C22H20ClN3OS/c23-19-8-6-18(7-9-19)20(16-17-4-2-1-3-5-17)21(27)25-11-13-26(14-12-25)22-24-10-15-28-22/h1-10,15-16H,11-14H2. The molecule has 0 spiro atoms. The summed E-state index contributed by atoms with van der Waals surface area (Å²) in [6.45, 7) is 2.94. The Balaban J connectivity index is 1.57. The van der Waals surface area contributed by atoms with Crippen LogP contribution in [0.25, 0.3) is 11.6 Å². The highest BCUT2D eigenvalue weighted by molar-refractivity contribution is 7.13. The summed E-state index contributed by atoms with van der Waals surface area (Å²) in [6.07, 6.45) is 3.78. The van der Waals surface area contributed by atoms with Gasteiger partial charge in [-0.25, -0.2) is 4.98 Å². The van der Waals surface area contributed by atoms with Gasteiger partial charge in [0.2, 0.25) is 0 Å². The third-order valence-electron chi connectivity index (χ3n) is 4.75. The van der Waals surface area contributed by atoms with E-state index in [0.29, 0.717) is 23.7 Å². The summed E-state index contributed by atoms with van der Waals surface area (Å²) in [6, 6.07) is 17.4. The lowest BCUT2D eigenvalue weighted by Crippen LogP contribution is -2.49. The van der Waals surface area contributed by atoms with Gasteiger partial charge in [-0.05, 0) is 29.3 Å². The van der Waals surface area contributed by atoms with Crippen molar-refractivity contribution in [1.82, 2.24) is 9.88 Å². The molecule has 0 saturated carbocycles. The number of anilines is 1. The van der Waals surface area contributed by atoms with E-state index in [2.05, 4.69) is 9.88 Å². The fraction of sp³-hybridized carbons (Fsp3) is 0.182. The number of hydrogen-bond donors (Lipinski definition) is 0. The van der Waals surface area contributed by atoms with Gasteiger partial charge >= 0.3 is 0 Å². The highest BCUT2D eigenvalue weighted by Gasteiger charge is 2.25. The van der Waals surface area contributed by atoms with E-state index in [1.807, 2.05) is 77.2 Å². The van der Waals surface area contributed by atoms with E-state index in [4.69, 9.17) is 11.6 Å². The average Bonchev–Trinajstić information content (AvgIpc) is 3.28. The fourth-order valence-electron chi connectivity index (χ4n) is 3.26. The normalized spacial score (nSPS) is 15.0. The fourth-order valence-corrected chi connectivity index (χ4v) is 4.08. The number of hydrogen-bond acceptors (Lipinski definition) is 4. The summed E-state index contributed by atoms with van der Waals surface area (Å²) in [5.41, 5.74) is 2.56. The van der Waals surface area contributed by atoms with E-state index in [0.717, 1.165) is 29.3 Å². The van der Waals surface area contributed by atoms with E-state index in [1.165, 1.54) is 0 Å². The van der Waals surface area contributed by atoms with E-state index in [-0.39, 0.29) is 5.91 Å². The lowest BCUT2D eigenvalue weighted by molar-refractivity contribution is -0.125. The largest absolute Gasteiger partial charge is 0.345 e. The lowest BCUT2D eigenvalue weighted by atomic mass is 10.0. The highest BCUT2D eigenvalue weighted by atomic mass is 35.5. The van der Waals surface area contributed by atoms with Crippen LogP contribution in [0.4, 0.5) is 5.13 Å². The maximum Gasteiger partial charge on any atom is 0.254 e. The van der Waals surface area contributed by atoms with E-state index >= 15 is 0 Å². The van der Waals surface area contributed by atoms with Crippen molar-refractivity contribution in [2.75, 3.05) is 31.1 Å². The molecule has 1 aromatic heterocycles. The Morgan fingerprint density at radius 3 is 2.36 bits per heavy atom. The van der Waals surface area contributed by atoms with Gasteiger partial charge < -0.3 is 9.80 Å². The average molecular weight is 410 g/mol. The molecule has 0 radical (unpaired) electrons. The molecule has 0 unspecified atom stereocenters. The molecule has 1 amide bonds. The van der Waals surface area contributed by atoms with Crippen LogP contribution in [0.5, 0.6) is 0 Å². The zero-order chi connectivity index (χ0) is 19.3. The van der Waals surface area contributed by atoms with Crippen LogP contribution in [0.1, 0.15) is 11.1 Å². The number of carbonyl (C=O) groups excluding carboxylic acids is 1. The number of aromatic nitrogens is 1. The minimum absolute atomic E-state index is 0.0463. The summed E-state index contributed by atoms with van der Waals surface area (Å²) in [4.78, 5) is 21.9. The number of nitrogens with zero attached hydrogens (tertiary/aromatic N) is 3. The van der Waals surface area contributed by atoms with Crippen LogP contribution in [0.3, 0.4) is 0 Å². The van der Waals surface area contributed by atoms with E-state index in [1.54, 1.807) is 11.3 Å². The van der Waals surface area contributed by atoms with Gasteiger partial charge in [0.25, 0.3) is 5.91 Å². The molecule has 6 heteroatoms. The van der Waals surface area contributed by atoms with Gasteiger partial charge in [0, 0.05) is 48.4 Å². The van der Waals surface area contributed by atoms with E-state index in [9.17, 15) is 4.79 Å². The molecule has 4 rings (SSSR count). The minimum atomic E-state index is 0.0463. The SMILES string of the molecule is O=C(C(=Cc1ccccc1)c1ccc(Cl)cc1)N1CCN(c2nccs2)CC1. The van der Waals surface area contributed by atoms with Crippen molar-refractivity contribution in [1.29, 1.82) is 0 Å². The molecule has 1 aliphatic rings. The maximum atomic E-state index is 13.4. The molecule has 1 saturated heterocycles. The zero-order valence-electron chi connectivity index (χ0n) is 15.3. The third kappa shape index (κ3) is 4.26. The van der Waals surface area contributed by atoms with E-state index < -0.39 is 0 Å². The lowest BCUT2D eigenvalue weighted by Gasteiger charge is -2.35. The van der Waals surface area contributed by atoms with Crippen LogP contribution in [0.15, 0.2) is 66.2 Å². The molecule has 2 heterocycles. The van der Waals surface area contributed by atoms with Crippen molar-refractivity contribution in [3.63, 3.8) is 0 Å². The van der Waals surface area contributed by atoms with Gasteiger partial charge in [-0.3, -0.25) is 4.79 Å². The topological polar surface area (TPSA) is 36.4 Å². The predicted octanol–water partition coefficient (Wildman–Crippen LogP) is 4.69. The second kappa shape index (κ2) is 8.59. The number of benzene rings is 2. The first kappa shape index (κ1) is 18.7. The first-order valence-electron chi connectivity index (χ1n) is 9.17. The number of amides is 1. The van der Waals surface area contributed by atoms with Crippen molar-refractivity contribution >= 4 is 45.6 Å². The van der Waals surface area contributed by atoms with Crippen LogP contribution < -0.4 is 4.90 Å². The Labute approximate surface area is 173 Å². The van der Waals surface area contributed by atoms with Gasteiger partial charge in [0.1, 0.15) is 0 Å². The van der Waals surface area contributed by atoms with Crippen LogP contribution in [-0.2, 0) is 4.79 Å². The molecular weight excluding hydrogens is 390 g/mol. The van der Waals surface area contributed by atoms with Gasteiger partial charge in [-0.15, -0.1) is 11.3 Å². The molecule has 4 nitrogen and oxygen atoms in total. The molecular formula is C22H20ClN3OS. The summed E-state index contributed by atoms with van der Waals surface area (Å²) >= 11 is 7.68. The minimum Gasteiger partial charge on any atom is -0.345 e. The van der Waals surface area contributed by atoms with Gasteiger partial charge in [0.05, 0.1) is 0 Å². The number of rotatable bonds is 4. The molecule has 0 aliphatic carbocycles. The van der Waals surface area contributed by atoms with Crippen molar-refractivity contribution in [2.24, 2.45) is 0 Å². The van der Waals surface area contributed by atoms with Crippen molar-refractivity contribution < 1.29 is 4.79 Å². The molecule has 3 aromatic rings. The number of thiazole rings is 1. The molecule has 1 fully saturated rings. The second-order valence-electron chi connectivity index (χ2n) is 6.57. The summed E-state index contributed by atoms with van der Waals surface area (Å²) in [7, 11) is 0. The quantitative estimate of drug-likeness (QED) is 0.463. The Bertz CT molecular complexity index is 947. The molecule has 1 aliphatic heterocycles. The summed E-state index contributed by atoms with van der Waals surface area (Å²) in [5.74, 6) is 0.0463. The number of carbonyl (C=O) groups is 1. The van der Waals surface area contributed by atoms with Crippen LogP contribution in [0.2, 0.25) is 5.02 Å². The van der Waals surface area contributed by atoms with Gasteiger partial charge in [-0.1, -0.05) is 54.1 Å². The Hall–Kier alpha value is -2.63. The summed E-state index contributed by atoms with van der Waals surface area (Å²) in [5, 5.41) is 3.66. The van der Waals surface area contributed by atoms with Crippen molar-refractivity contribution in [3.05, 3.63) is 82.3 Å². The maximum absolute atomic E-state index is 13.4. The smallest absolute Gasteiger partial charge is 0.254 e. The van der Waals surface area contributed by atoms with Crippen LogP contribution in [0, 0.1) is 0 Å². The first-order chi connectivity index (χ1) is 13.7. The van der Waals surface area contributed by atoms with Gasteiger partial charge in [0.15, 0.2) is 5.13 Å². The molecule has 0 N–H and O–H groups in total. The third-order valence-corrected chi connectivity index (χ3v) is 5.84. The van der Waals surface area contributed by atoms with Crippen LogP contribution >= 0.6 is 22.9 Å². The predicted molar refractivity (Wildman–Crippen MR) is 117 cm³/mol. The van der Waals surface area contributed by atoms with Crippen molar-refractivity contribution in [2.45, 2.75) is 0 Å². The summed E-state index contributed by atoms with van der Waals surface area (Å²) < 4.78 is 0. The zero-order valence-corrected chi connectivity index (χ0v) is 16.9. The Kier molecular flexibility index (Phi) is 5.74. The highest BCUT2D eigenvalue weighted by Crippen LogP contribution is 2.25. The molecule has 28 heavy (non-hydrogen) atoms. The second-order valence-corrected chi connectivity index (χ2v) is 7.88. The Morgan fingerprint density at radius 2 is 1.71 bits per heavy atom. The monoisotopic (exact) mass is 409 g/mol. The molecule has 0 atom stereocenters. The number of halogens is 1. The van der Waals surface area contributed by atoms with Crippen molar-refractivity contribution in [3.8, 4) is 0 Å². The van der Waals surface area contributed by atoms with Crippen LogP contribution in [-0.4, -0.2) is 42.0 Å².